The summed E-state index contributed by atoms with van der Waals surface area (Å²) in [5.74, 6) is 0.588. The van der Waals surface area contributed by atoms with Crippen LogP contribution in [0.5, 0.6) is 5.75 Å². The zero-order valence-electron chi connectivity index (χ0n) is 13.0. The van der Waals surface area contributed by atoms with Crippen LogP contribution in [0.4, 0.5) is 0 Å². The second kappa shape index (κ2) is 7.59. The number of hydrogen-bond donors (Lipinski definition) is 0. The van der Waals surface area contributed by atoms with E-state index in [-0.39, 0.29) is 17.9 Å². The molecule has 0 saturated heterocycles. The molecule has 0 aliphatic carbocycles. The number of ketones is 1. The molecule has 2 aromatic rings. The molecule has 4 heteroatoms. The fourth-order valence-corrected chi connectivity index (χ4v) is 2.12. The number of ether oxygens (including phenoxy) is 1. The van der Waals surface area contributed by atoms with E-state index >= 15 is 0 Å². The summed E-state index contributed by atoms with van der Waals surface area (Å²) in [5.41, 5.74) is 1.06. The maximum atomic E-state index is 12.3. The van der Waals surface area contributed by atoms with Crippen molar-refractivity contribution < 1.29 is 9.53 Å². The molecule has 0 aliphatic heterocycles. The predicted molar refractivity (Wildman–Crippen MR) is 86.6 cm³/mol. The average molecular weight is 299 g/mol. The number of pyridine rings is 1. The van der Waals surface area contributed by atoms with Gasteiger partial charge in [0.2, 0.25) is 0 Å². The Labute approximate surface area is 130 Å². The summed E-state index contributed by atoms with van der Waals surface area (Å²) in [7, 11) is 0. The van der Waals surface area contributed by atoms with E-state index in [4.69, 9.17) is 4.74 Å². The van der Waals surface area contributed by atoms with Gasteiger partial charge in [-0.05, 0) is 31.5 Å². The van der Waals surface area contributed by atoms with Gasteiger partial charge < -0.3 is 9.30 Å². The molecular weight excluding hydrogens is 278 g/mol. The van der Waals surface area contributed by atoms with Gasteiger partial charge in [-0.3, -0.25) is 9.59 Å². The third-order valence-corrected chi connectivity index (χ3v) is 3.45. The molecular formula is C18H21NO3. The van der Waals surface area contributed by atoms with Gasteiger partial charge in [0.15, 0.2) is 5.78 Å². The Morgan fingerprint density at radius 2 is 2.05 bits per heavy atom. The fraction of sp³-hybridized carbons (Fsp3) is 0.333. The molecule has 22 heavy (non-hydrogen) atoms. The summed E-state index contributed by atoms with van der Waals surface area (Å²) in [6.07, 6.45) is 3.68. The van der Waals surface area contributed by atoms with E-state index in [0.29, 0.717) is 23.5 Å². The highest BCUT2D eigenvalue weighted by molar-refractivity contribution is 5.96. The Hall–Kier alpha value is -2.36. The van der Waals surface area contributed by atoms with Gasteiger partial charge in [0.25, 0.3) is 5.56 Å². The van der Waals surface area contributed by atoms with Crippen LogP contribution in [0.15, 0.2) is 47.4 Å². The molecule has 0 bridgehead atoms. The molecule has 116 valence electrons. The number of unbranched alkanes of at least 4 members (excludes halogenated alkanes) is 1. The first kappa shape index (κ1) is 16.0. The van der Waals surface area contributed by atoms with Crippen molar-refractivity contribution in [2.45, 2.75) is 33.2 Å². The number of rotatable bonds is 7. The summed E-state index contributed by atoms with van der Waals surface area (Å²) in [6, 6.07) is 10.6. The Morgan fingerprint density at radius 3 is 2.82 bits per heavy atom. The van der Waals surface area contributed by atoms with E-state index < -0.39 is 0 Å². The molecule has 0 amide bonds. The minimum atomic E-state index is -0.133. The number of aromatic nitrogens is 1. The van der Waals surface area contributed by atoms with Gasteiger partial charge in [0.05, 0.1) is 13.2 Å². The normalized spacial score (nSPS) is 10.5. The van der Waals surface area contributed by atoms with E-state index in [0.717, 1.165) is 12.8 Å². The molecule has 1 heterocycles. The summed E-state index contributed by atoms with van der Waals surface area (Å²) < 4.78 is 7.04. The van der Waals surface area contributed by atoms with Crippen molar-refractivity contribution in [1.82, 2.24) is 4.57 Å². The van der Waals surface area contributed by atoms with Crippen molar-refractivity contribution in [1.29, 1.82) is 0 Å². The molecule has 0 spiro atoms. The van der Waals surface area contributed by atoms with E-state index in [1.54, 1.807) is 43.5 Å². The van der Waals surface area contributed by atoms with Gasteiger partial charge in [-0.2, -0.15) is 0 Å². The van der Waals surface area contributed by atoms with Gasteiger partial charge in [-0.25, -0.2) is 0 Å². The quantitative estimate of drug-likeness (QED) is 0.582. The lowest BCUT2D eigenvalue weighted by molar-refractivity contribution is 0.0970. The molecule has 0 N–H and O–H groups in total. The largest absolute Gasteiger partial charge is 0.494 e. The Kier molecular flexibility index (Phi) is 5.53. The zero-order valence-corrected chi connectivity index (χ0v) is 13.0. The highest BCUT2D eigenvalue weighted by Gasteiger charge is 2.09. The first-order valence-corrected chi connectivity index (χ1v) is 7.54. The topological polar surface area (TPSA) is 48.3 Å². The second-order valence-electron chi connectivity index (χ2n) is 5.28. The molecule has 0 atom stereocenters. The van der Waals surface area contributed by atoms with Crippen LogP contribution in [0.25, 0.3) is 0 Å². The van der Waals surface area contributed by atoms with Gasteiger partial charge in [0, 0.05) is 17.3 Å². The second-order valence-corrected chi connectivity index (χ2v) is 5.28. The van der Waals surface area contributed by atoms with Crippen LogP contribution >= 0.6 is 0 Å². The molecule has 1 aromatic heterocycles. The first-order valence-electron chi connectivity index (χ1n) is 7.54. The Bertz CT molecular complexity index is 703. The average Bonchev–Trinajstić information content (AvgIpc) is 2.52. The smallest absolute Gasteiger partial charge is 0.253 e. The molecule has 0 fully saturated rings. The number of benzene rings is 1. The fourth-order valence-electron chi connectivity index (χ4n) is 2.12. The van der Waals surface area contributed by atoms with Crippen LogP contribution in [0.1, 0.15) is 35.7 Å². The maximum Gasteiger partial charge on any atom is 0.253 e. The predicted octanol–water partition coefficient (Wildman–Crippen LogP) is 3.22. The third kappa shape index (κ3) is 4.07. The van der Waals surface area contributed by atoms with Crippen molar-refractivity contribution in [3.63, 3.8) is 0 Å². The molecule has 0 saturated carbocycles. The standard InChI is InChI=1S/C18H21NO3/c1-3-4-11-22-16-9-5-8-15(12-16)17(20)13-19-10-6-7-14(2)18(19)21/h5-10,12H,3-4,11,13H2,1-2H3. The third-order valence-electron chi connectivity index (χ3n) is 3.45. The van der Waals surface area contributed by atoms with Crippen LogP contribution in [0.2, 0.25) is 0 Å². The maximum absolute atomic E-state index is 12.3. The molecule has 4 nitrogen and oxygen atoms in total. The van der Waals surface area contributed by atoms with Crippen molar-refractivity contribution in [2.24, 2.45) is 0 Å². The van der Waals surface area contributed by atoms with E-state index in [1.165, 1.54) is 4.57 Å². The number of nitrogens with zero attached hydrogens (tertiary/aromatic N) is 1. The summed E-state index contributed by atoms with van der Waals surface area (Å²) >= 11 is 0. The number of hydrogen-bond acceptors (Lipinski definition) is 3. The molecule has 0 unspecified atom stereocenters. The van der Waals surface area contributed by atoms with Gasteiger partial charge in [-0.1, -0.05) is 31.5 Å². The van der Waals surface area contributed by atoms with E-state index in [1.807, 2.05) is 6.07 Å². The van der Waals surface area contributed by atoms with Crippen LogP contribution in [-0.2, 0) is 6.54 Å². The minimum Gasteiger partial charge on any atom is -0.494 e. The minimum absolute atomic E-state index is 0.0406. The Morgan fingerprint density at radius 1 is 1.23 bits per heavy atom. The zero-order chi connectivity index (χ0) is 15.9. The van der Waals surface area contributed by atoms with Crippen molar-refractivity contribution >= 4 is 5.78 Å². The van der Waals surface area contributed by atoms with Crippen molar-refractivity contribution in [3.8, 4) is 5.75 Å². The lowest BCUT2D eigenvalue weighted by atomic mass is 10.1. The lowest BCUT2D eigenvalue weighted by Crippen LogP contribution is -2.25. The lowest BCUT2D eigenvalue weighted by Gasteiger charge is -2.08. The summed E-state index contributed by atoms with van der Waals surface area (Å²) in [6.45, 7) is 4.53. The molecule has 0 aliphatic rings. The SMILES string of the molecule is CCCCOc1cccc(C(=O)Cn2cccc(C)c2=O)c1. The number of carbonyl (C=O) groups is 1. The van der Waals surface area contributed by atoms with Crippen LogP contribution < -0.4 is 10.3 Å². The number of aryl methyl sites for hydroxylation is 1. The van der Waals surface area contributed by atoms with Crippen LogP contribution in [0, 0.1) is 6.92 Å². The molecule has 1 aromatic carbocycles. The first-order chi connectivity index (χ1) is 10.6. The molecule has 0 radical (unpaired) electrons. The van der Waals surface area contributed by atoms with Gasteiger partial charge in [-0.15, -0.1) is 0 Å². The van der Waals surface area contributed by atoms with Crippen LogP contribution in [0.3, 0.4) is 0 Å². The highest BCUT2D eigenvalue weighted by Crippen LogP contribution is 2.14. The van der Waals surface area contributed by atoms with E-state index in [2.05, 4.69) is 6.92 Å². The van der Waals surface area contributed by atoms with Crippen LogP contribution in [-0.4, -0.2) is 17.0 Å². The van der Waals surface area contributed by atoms with Gasteiger partial charge in [0.1, 0.15) is 5.75 Å². The van der Waals surface area contributed by atoms with Crippen molar-refractivity contribution in [3.05, 3.63) is 64.1 Å². The number of Topliss-reactive ketones (excluding diaryl/α,β-unsaturated/α-hetero) is 1. The van der Waals surface area contributed by atoms with Gasteiger partial charge >= 0.3 is 0 Å². The molecule has 2 rings (SSSR count). The number of carbonyl (C=O) groups excluding carboxylic acids is 1. The Balaban J connectivity index is 2.11. The monoisotopic (exact) mass is 299 g/mol. The summed E-state index contributed by atoms with van der Waals surface area (Å²) in [4.78, 5) is 24.3. The summed E-state index contributed by atoms with van der Waals surface area (Å²) in [5, 5.41) is 0. The van der Waals surface area contributed by atoms with E-state index in [9.17, 15) is 9.59 Å². The highest BCUT2D eigenvalue weighted by atomic mass is 16.5. The van der Waals surface area contributed by atoms with Crippen molar-refractivity contribution in [2.75, 3.05) is 6.61 Å².